The zero-order valence-corrected chi connectivity index (χ0v) is 12.2. The van der Waals surface area contributed by atoms with Gasteiger partial charge < -0.3 is 5.32 Å². The number of hydrogen-bond acceptors (Lipinski definition) is 3. The number of benzene rings is 1. The lowest BCUT2D eigenvalue weighted by molar-refractivity contribution is 0.442. The van der Waals surface area contributed by atoms with Crippen molar-refractivity contribution >= 4 is 0 Å². The van der Waals surface area contributed by atoms with Gasteiger partial charge in [0.15, 0.2) is 0 Å². The lowest BCUT2D eigenvalue weighted by atomic mass is 9.96. The Kier molecular flexibility index (Phi) is 4.21. The molecule has 0 fully saturated rings. The molecule has 0 saturated carbocycles. The van der Waals surface area contributed by atoms with Crippen LogP contribution in [0.1, 0.15) is 25.4 Å². The van der Waals surface area contributed by atoms with E-state index in [4.69, 9.17) is 5.26 Å². The second kappa shape index (κ2) is 5.89. The molecule has 1 aromatic heterocycles. The minimum absolute atomic E-state index is 0.355. The molecule has 4 heteroatoms. The molecule has 20 heavy (non-hydrogen) atoms. The van der Waals surface area contributed by atoms with Gasteiger partial charge in [0, 0.05) is 18.8 Å². The molecule has 0 spiro atoms. The molecule has 2 aromatic rings. The fourth-order valence-corrected chi connectivity index (χ4v) is 2.09. The summed E-state index contributed by atoms with van der Waals surface area (Å²) in [5.74, 6) is 0.965. The van der Waals surface area contributed by atoms with E-state index in [2.05, 4.69) is 33.1 Å². The van der Waals surface area contributed by atoms with E-state index >= 15 is 0 Å². The highest BCUT2D eigenvalue weighted by atomic mass is 15.1. The number of imidazole rings is 1. The minimum atomic E-state index is -0.355. The van der Waals surface area contributed by atoms with Gasteiger partial charge in [0.2, 0.25) is 0 Å². The Bertz CT molecular complexity index is 605. The number of nitrogens with one attached hydrogen (secondary N) is 1. The summed E-state index contributed by atoms with van der Waals surface area (Å²) in [6, 6.07) is 12.5. The van der Waals surface area contributed by atoms with Crippen molar-refractivity contribution in [3.63, 3.8) is 0 Å². The average Bonchev–Trinajstić information content (AvgIpc) is 2.81. The number of nitriles is 1. The predicted molar refractivity (Wildman–Crippen MR) is 79.4 cm³/mol. The second-order valence-corrected chi connectivity index (χ2v) is 5.57. The van der Waals surface area contributed by atoms with E-state index < -0.39 is 0 Å². The monoisotopic (exact) mass is 268 g/mol. The standard InChI is InChI=1S/C16H20N4/c1-13-19-10-15(9-18-12-16(2,3)11-17)20(13)14-7-5-4-6-8-14/h4-8,10,18H,9,12H2,1-3H3. The van der Waals surface area contributed by atoms with Crippen LogP contribution in [0.4, 0.5) is 0 Å². The van der Waals surface area contributed by atoms with Crippen molar-refractivity contribution in [1.82, 2.24) is 14.9 Å². The zero-order valence-electron chi connectivity index (χ0n) is 12.2. The van der Waals surface area contributed by atoms with Crippen LogP contribution in [0.2, 0.25) is 0 Å². The number of para-hydroxylation sites is 1. The topological polar surface area (TPSA) is 53.6 Å². The van der Waals surface area contributed by atoms with E-state index in [9.17, 15) is 0 Å². The first-order valence-corrected chi connectivity index (χ1v) is 6.74. The zero-order chi connectivity index (χ0) is 14.6. The Morgan fingerprint density at radius 3 is 2.65 bits per heavy atom. The first-order chi connectivity index (χ1) is 9.53. The van der Waals surface area contributed by atoms with Crippen LogP contribution >= 0.6 is 0 Å². The van der Waals surface area contributed by atoms with Gasteiger partial charge in [-0.05, 0) is 32.9 Å². The molecule has 0 aliphatic carbocycles. The van der Waals surface area contributed by atoms with E-state index in [1.807, 2.05) is 45.2 Å². The highest BCUT2D eigenvalue weighted by molar-refractivity contribution is 5.35. The number of aryl methyl sites for hydroxylation is 1. The first kappa shape index (κ1) is 14.3. The van der Waals surface area contributed by atoms with Crippen LogP contribution in [-0.2, 0) is 6.54 Å². The normalized spacial score (nSPS) is 11.3. The summed E-state index contributed by atoms with van der Waals surface area (Å²) < 4.78 is 2.13. The van der Waals surface area contributed by atoms with Gasteiger partial charge in [-0.25, -0.2) is 4.98 Å². The molecule has 0 saturated heterocycles. The molecule has 0 aliphatic rings. The molecule has 1 aromatic carbocycles. The summed E-state index contributed by atoms with van der Waals surface area (Å²) >= 11 is 0. The Balaban J connectivity index is 2.13. The largest absolute Gasteiger partial charge is 0.310 e. The molecule has 0 bridgehead atoms. The average molecular weight is 268 g/mol. The maximum Gasteiger partial charge on any atom is 0.110 e. The predicted octanol–water partition coefficient (Wildman–Crippen LogP) is 2.82. The smallest absolute Gasteiger partial charge is 0.110 e. The van der Waals surface area contributed by atoms with Crippen LogP contribution in [0.3, 0.4) is 0 Å². The van der Waals surface area contributed by atoms with Crippen molar-refractivity contribution < 1.29 is 0 Å². The van der Waals surface area contributed by atoms with Gasteiger partial charge in [0.1, 0.15) is 5.82 Å². The Morgan fingerprint density at radius 2 is 2.00 bits per heavy atom. The van der Waals surface area contributed by atoms with E-state index in [-0.39, 0.29) is 5.41 Å². The van der Waals surface area contributed by atoms with Crippen molar-refractivity contribution in [1.29, 1.82) is 5.26 Å². The fourth-order valence-electron chi connectivity index (χ4n) is 2.09. The van der Waals surface area contributed by atoms with Crippen LogP contribution in [0.5, 0.6) is 0 Å². The van der Waals surface area contributed by atoms with Crippen LogP contribution in [0.25, 0.3) is 5.69 Å². The summed E-state index contributed by atoms with van der Waals surface area (Å²) in [4.78, 5) is 4.39. The molecule has 0 aliphatic heterocycles. The summed E-state index contributed by atoms with van der Waals surface area (Å²) in [6.45, 7) is 7.21. The third-order valence-electron chi connectivity index (χ3n) is 3.20. The summed E-state index contributed by atoms with van der Waals surface area (Å²) in [5, 5.41) is 12.4. The molecule has 1 heterocycles. The number of nitrogens with zero attached hydrogens (tertiary/aromatic N) is 3. The van der Waals surface area contributed by atoms with Crippen molar-refractivity contribution in [2.75, 3.05) is 6.54 Å². The molecule has 1 N–H and O–H groups in total. The minimum Gasteiger partial charge on any atom is -0.310 e. The molecule has 0 radical (unpaired) electrons. The van der Waals surface area contributed by atoms with Crippen molar-refractivity contribution in [2.24, 2.45) is 5.41 Å². The molecular formula is C16H20N4. The molecule has 0 amide bonds. The highest BCUT2D eigenvalue weighted by Crippen LogP contribution is 2.15. The van der Waals surface area contributed by atoms with Crippen molar-refractivity contribution in [3.05, 3.63) is 48.0 Å². The third kappa shape index (κ3) is 3.25. The van der Waals surface area contributed by atoms with Gasteiger partial charge in [-0.3, -0.25) is 4.57 Å². The van der Waals surface area contributed by atoms with Crippen LogP contribution in [0.15, 0.2) is 36.5 Å². The maximum absolute atomic E-state index is 9.02. The molecule has 4 nitrogen and oxygen atoms in total. The molecular weight excluding hydrogens is 248 g/mol. The van der Waals surface area contributed by atoms with E-state index in [1.165, 1.54) is 0 Å². The molecule has 2 rings (SSSR count). The van der Waals surface area contributed by atoms with Gasteiger partial charge in [0.05, 0.1) is 23.4 Å². The Hall–Kier alpha value is -2.12. The Morgan fingerprint density at radius 1 is 1.30 bits per heavy atom. The van der Waals surface area contributed by atoms with Gasteiger partial charge >= 0.3 is 0 Å². The third-order valence-corrected chi connectivity index (χ3v) is 3.20. The van der Waals surface area contributed by atoms with Crippen LogP contribution in [0, 0.1) is 23.7 Å². The molecule has 0 unspecified atom stereocenters. The SMILES string of the molecule is Cc1ncc(CNCC(C)(C)C#N)n1-c1ccccc1. The first-order valence-electron chi connectivity index (χ1n) is 6.74. The molecule has 104 valence electrons. The number of hydrogen-bond donors (Lipinski definition) is 1. The molecule has 0 atom stereocenters. The van der Waals surface area contributed by atoms with Gasteiger partial charge in [0.25, 0.3) is 0 Å². The van der Waals surface area contributed by atoms with Gasteiger partial charge in [-0.15, -0.1) is 0 Å². The number of rotatable bonds is 5. The maximum atomic E-state index is 9.02. The highest BCUT2D eigenvalue weighted by Gasteiger charge is 2.16. The van der Waals surface area contributed by atoms with Gasteiger partial charge in [-0.2, -0.15) is 5.26 Å². The van der Waals surface area contributed by atoms with E-state index in [1.54, 1.807) is 0 Å². The fraction of sp³-hybridized carbons (Fsp3) is 0.375. The van der Waals surface area contributed by atoms with E-state index in [0.717, 1.165) is 17.2 Å². The second-order valence-electron chi connectivity index (χ2n) is 5.57. The van der Waals surface area contributed by atoms with Crippen molar-refractivity contribution in [2.45, 2.75) is 27.3 Å². The van der Waals surface area contributed by atoms with Gasteiger partial charge in [-0.1, -0.05) is 18.2 Å². The lowest BCUT2D eigenvalue weighted by Crippen LogP contribution is -2.28. The quantitative estimate of drug-likeness (QED) is 0.907. The summed E-state index contributed by atoms with van der Waals surface area (Å²) in [7, 11) is 0. The van der Waals surface area contributed by atoms with Crippen LogP contribution < -0.4 is 5.32 Å². The van der Waals surface area contributed by atoms with Crippen LogP contribution in [-0.4, -0.2) is 16.1 Å². The summed E-state index contributed by atoms with van der Waals surface area (Å²) in [5.41, 5.74) is 1.86. The number of aromatic nitrogens is 2. The Labute approximate surface area is 120 Å². The van der Waals surface area contributed by atoms with E-state index in [0.29, 0.717) is 13.1 Å². The summed E-state index contributed by atoms with van der Waals surface area (Å²) in [6.07, 6.45) is 1.88. The van der Waals surface area contributed by atoms with Crippen molar-refractivity contribution in [3.8, 4) is 11.8 Å². The lowest BCUT2D eigenvalue weighted by Gasteiger charge is -2.16.